The zero-order chi connectivity index (χ0) is 19.5. The lowest BCUT2D eigenvalue weighted by Gasteiger charge is -2.57. The monoisotopic (exact) mass is 397 g/mol. The van der Waals surface area contributed by atoms with Gasteiger partial charge in [0.25, 0.3) is 0 Å². The fourth-order valence-corrected chi connectivity index (χ4v) is 3.40. The third-order valence-corrected chi connectivity index (χ3v) is 5.57. The summed E-state index contributed by atoms with van der Waals surface area (Å²) in [5.74, 6) is -0.257. The molecule has 152 valence electrons. The smallest absolute Gasteiger partial charge is 0.245 e. The molecule has 1 aromatic carbocycles. The normalized spacial score (nSPS) is 23.0. The number of hydrogen-bond acceptors (Lipinski definition) is 4. The van der Waals surface area contributed by atoms with Gasteiger partial charge < -0.3 is 21.1 Å². The summed E-state index contributed by atoms with van der Waals surface area (Å²) in [7, 11) is 0. The molecule has 0 radical (unpaired) electrons. The van der Waals surface area contributed by atoms with E-state index in [2.05, 4.69) is 10.6 Å². The molecule has 2 rings (SSSR count). The van der Waals surface area contributed by atoms with E-state index in [1.54, 1.807) is 0 Å². The van der Waals surface area contributed by atoms with E-state index in [9.17, 15) is 9.59 Å². The zero-order valence-electron chi connectivity index (χ0n) is 16.8. The fourth-order valence-electron chi connectivity index (χ4n) is 3.40. The summed E-state index contributed by atoms with van der Waals surface area (Å²) < 4.78 is 5.69. The topological polar surface area (TPSA) is 93.5 Å². The molecule has 6 nitrogen and oxygen atoms in total. The highest BCUT2D eigenvalue weighted by atomic mass is 35.5. The Morgan fingerprint density at radius 3 is 2.33 bits per heavy atom. The van der Waals surface area contributed by atoms with Gasteiger partial charge in [0, 0.05) is 36.2 Å². The summed E-state index contributed by atoms with van der Waals surface area (Å²) in [5, 5.41) is 5.84. The number of hydrogen-bond donors (Lipinski definition) is 3. The Balaban J connectivity index is 0.00000364. The van der Waals surface area contributed by atoms with Crippen molar-refractivity contribution in [3.63, 3.8) is 0 Å². The Kier molecular flexibility index (Phi) is 7.84. The fraction of sp³-hybridized carbons (Fsp3) is 0.600. The average Bonchev–Trinajstić information content (AvgIpc) is 2.58. The first-order valence-corrected chi connectivity index (χ1v) is 9.28. The maximum Gasteiger partial charge on any atom is 0.245 e. The van der Waals surface area contributed by atoms with Gasteiger partial charge >= 0.3 is 0 Å². The SMILES string of the molecule is CCCC(=O)Nc1cccc(NC(=O)C2(N)CC(OCC)C2(C)C)c1C.Cl. The van der Waals surface area contributed by atoms with Crippen LogP contribution in [0.5, 0.6) is 0 Å². The second-order valence-corrected chi connectivity index (χ2v) is 7.57. The molecular weight excluding hydrogens is 366 g/mol. The molecule has 4 N–H and O–H groups in total. The quantitative estimate of drug-likeness (QED) is 0.654. The largest absolute Gasteiger partial charge is 0.378 e. The molecule has 7 heteroatoms. The Hall–Kier alpha value is -1.63. The summed E-state index contributed by atoms with van der Waals surface area (Å²) in [6, 6.07) is 5.45. The Morgan fingerprint density at radius 1 is 1.22 bits per heavy atom. The molecular formula is C20H32ClN3O3. The van der Waals surface area contributed by atoms with Gasteiger partial charge in [0.1, 0.15) is 5.54 Å². The van der Waals surface area contributed by atoms with E-state index in [0.717, 1.165) is 12.0 Å². The number of ether oxygens (including phenoxy) is 1. The highest BCUT2D eigenvalue weighted by molar-refractivity contribution is 6.01. The predicted octanol–water partition coefficient (Wildman–Crippen LogP) is 3.63. The lowest BCUT2D eigenvalue weighted by Crippen LogP contribution is -2.74. The maximum atomic E-state index is 12.9. The van der Waals surface area contributed by atoms with E-state index in [4.69, 9.17) is 10.5 Å². The van der Waals surface area contributed by atoms with Crippen molar-refractivity contribution in [1.29, 1.82) is 0 Å². The van der Waals surface area contributed by atoms with Gasteiger partial charge in [-0.05, 0) is 38.0 Å². The van der Waals surface area contributed by atoms with Crippen LogP contribution in [0.4, 0.5) is 11.4 Å². The van der Waals surface area contributed by atoms with Crippen LogP contribution in [0.15, 0.2) is 18.2 Å². The summed E-state index contributed by atoms with van der Waals surface area (Å²) in [4.78, 5) is 24.8. The van der Waals surface area contributed by atoms with Gasteiger partial charge in [-0.2, -0.15) is 0 Å². The molecule has 0 bridgehead atoms. The highest BCUT2D eigenvalue weighted by Gasteiger charge is 2.62. The van der Waals surface area contributed by atoms with Crippen LogP contribution in [0.3, 0.4) is 0 Å². The minimum Gasteiger partial charge on any atom is -0.378 e. The number of carbonyl (C=O) groups is 2. The van der Waals surface area contributed by atoms with Crippen molar-refractivity contribution >= 4 is 35.6 Å². The van der Waals surface area contributed by atoms with E-state index >= 15 is 0 Å². The van der Waals surface area contributed by atoms with Crippen molar-refractivity contribution in [2.45, 2.75) is 65.5 Å². The van der Waals surface area contributed by atoms with Gasteiger partial charge in [-0.3, -0.25) is 9.59 Å². The van der Waals surface area contributed by atoms with Crippen LogP contribution in [0.2, 0.25) is 0 Å². The standard InChI is InChI=1S/C20H31N3O3.ClH/c1-6-9-17(24)22-14-10-8-11-15(13(14)3)23-18(25)20(21)12-16(26-7-2)19(20,4)5;/h8,10-11,16H,6-7,9,12,21H2,1-5H3,(H,22,24)(H,23,25);1H. The maximum absolute atomic E-state index is 12.9. The molecule has 0 saturated heterocycles. The van der Waals surface area contributed by atoms with E-state index in [0.29, 0.717) is 30.8 Å². The van der Waals surface area contributed by atoms with E-state index in [-0.39, 0.29) is 30.3 Å². The first-order valence-electron chi connectivity index (χ1n) is 9.28. The number of anilines is 2. The second-order valence-electron chi connectivity index (χ2n) is 7.57. The van der Waals surface area contributed by atoms with E-state index in [1.165, 1.54) is 0 Å². The number of nitrogens with one attached hydrogen (secondary N) is 2. The molecule has 2 atom stereocenters. The van der Waals surface area contributed by atoms with Crippen LogP contribution >= 0.6 is 12.4 Å². The summed E-state index contributed by atoms with van der Waals surface area (Å²) in [6.45, 7) is 10.3. The van der Waals surface area contributed by atoms with Crippen LogP contribution in [0.1, 0.15) is 52.5 Å². The molecule has 1 aromatic rings. The molecule has 1 aliphatic carbocycles. The van der Waals surface area contributed by atoms with Crippen molar-refractivity contribution in [2.75, 3.05) is 17.2 Å². The molecule has 2 amide bonds. The van der Waals surface area contributed by atoms with Gasteiger partial charge in [0.15, 0.2) is 0 Å². The number of halogens is 1. The van der Waals surface area contributed by atoms with E-state index < -0.39 is 11.0 Å². The lowest BCUT2D eigenvalue weighted by atomic mass is 9.54. The van der Waals surface area contributed by atoms with Crippen molar-refractivity contribution in [3.8, 4) is 0 Å². The Labute approximate surface area is 168 Å². The molecule has 0 spiro atoms. The van der Waals surface area contributed by atoms with Gasteiger partial charge in [-0.15, -0.1) is 12.4 Å². The van der Waals surface area contributed by atoms with Crippen LogP contribution < -0.4 is 16.4 Å². The van der Waals surface area contributed by atoms with Gasteiger partial charge in [-0.25, -0.2) is 0 Å². The number of rotatable bonds is 7. The molecule has 1 fully saturated rings. The van der Waals surface area contributed by atoms with Crippen LogP contribution in [0, 0.1) is 12.3 Å². The summed E-state index contributed by atoms with van der Waals surface area (Å²) in [6.07, 6.45) is 1.72. The Bertz CT molecular complexity index is 693. The molecule has 1 saturated carbocycles. The predicted molar refractivity (Wildman–Crippen MR) is 111 cm³/mol. The third-order valence-electron chi connectivity index (χ3n) is 5.57. The van der Waals surface area contributed by atoms with E-state index in [1.807, 2.05) is 52.8 Å². The molecule has 0 heterocycles. The molecule has 2 unspecified atom stereocenters. The molecule has 0 aromatic heterocycles. The molecule has 27 heavy (non-hydrogen) atoms. The first-order chi connectivity index (χ1) is 12.2. The third kappa shape index (κ3) is 4.45. The van der Waals surface area contributed by atoms with Crippen molar-refractivity contribution in [2.24, 2.45) is 11.1 Å². The van der Waals surface area contributed by atoms with Gasteiger partial charge in [0.05, 0.1) is 6.10 Å². The lowest BCUT2D eigenvalue weighted by molar-refractivity contribution is -0.166. The van der Waals surface area contributed by atoms with Gasteiger partial charge in [0.2, 0.25) is 11.8 Å². The van der Waals surface area contributed by atoms with Crippen LogP contribution in [0.25, 0.3) is 0 Å². The average molecular weight is 398 g/mol. The number of carbonyl (C=O) groups excluding carboxylic acids is 2. The summed E-state index contributed by atoms with van der Waals surface area (Å²) in [5.41, 5.74) is 7.17. The Morgan fingerprint density at radius 2 is 1.81 bits per heavy atom. The van der Waals surface area contributed by atoms with Crippen LogP contribution in [-0.4, -0.2) is 30.1 Å². The molecule has 1 aliphatic rings. The minimum absolute atomic E-state index is 0. The minimum atomic E-state index is -0.985. The first kappa shape index (κ1) is 23.4. The number of benzene rings is 1. The number of amides is 2. The zero-order valence-corrected chi connectivity index (χ0v) is 17.7. The number of nitrogens with two attached hydrogens (primary N) is 1. The van der Waals surface area contributed by atoms with Crippen molar-refractivity contribution < 1.29 is 14.3 Å². The molecule has 0 aliphatic heterocycles. The van der Waals surface area contributed by atoms with Crippen LogP contribution in [-0.2, 0) is 14.3 Å². The van der Waals surface area contributed by atoms with Gasteiger partial charge in [-0.1, -0.05) is 26.8 Å². The highest BCUT2D eigenvalue weighted by Crippen LogP contribution is 2.50. The van der Waals surface area contributed by atoms with Crippen molar-refractivity contribution in [3.05, 3.63) is 23.8 Å². The second kappa shape index (κ2) is 9.04. The summed E-state index contributed by atoms with van der Waals surface area (Å²) >= 11 is 0. The van der Waals surface area contributed by atoms with Crippen molar-refractivity contribution in [1.82, 2.24) is 0 Å².